The van der Waals surface area contributed by atoms with Crippen LogP contribution in [0.25, 0.3) is 27.5 Å². The number of aryl methyl sites for hydroxylation is 2. The number of hydrogen-bond donors (Lipinski definition) is 0. The van der Waals surface area contributed by atoms with E-state index in [9.17, 15) is 0 Å². The number of rotatable bonds is 3. The van der Waals surface area contributed by atoms with E-state index in [0.29, 0.717) is 0 Å². The molecule has 4 aromatic rings. The number of fused-ring (bicyclic) bond motifs is 2. The summed E-state index contributed by atoms with van der Waals surface area (Å²) in [4.78, 5) is 12.3. The van der Waals surface area contributed by atoms with E-state index in [1.54, 1.807) is 0 Å². The van der Waals surface area contributed by atoms with Crippen LogP contribution in [0.1, 0.15) is 24.0 Å². The smallest absolute Gasteiger partial charge is 0.0741 e. The molecule has 176 valence electrons. The lowest BCUT2D eigenvalue weighted by Crippen LogP contribution is -2.52. The number of piperidine rings is 1. The van der Waals surface area contributed by atoms with Gasteiger partial charge < -0.3 is 9.80 Å². The molecule has 0 saturated carbocycles. The highest BCUT2D eigenvalue weighted by Gasteiger charge is 2.27. The molecule has 1 aromatic carbocycles. The predicted octanol–water partition coefficient (Wildman–Crippen LogP) is 4.38. The van der Waals surface area contributed by atoms with Crippen LogP contribution in [-0.4, -0.2) is 76.8 Å². The van der Waals surface area contributed by atoms with Crippen LogP contribution in [0, 0.1) is 13.8 Å². The number of hydrogen-bond acceptors (Lipinski definition) is 5. The first kappa shape index (κ1) is 21.6. The molecule has 34 heavy (non-hydrogen) atoms. The van der Waals surface area contributed by atoms with Gasteiger partial charge in [0.25, 0.3) is 0 Å². The molecule has 0 unspecified atom stereocenters. The van der Waals surface area contributed by atoms with Gasteiger partial charge in [0.15, 0.2) is 0 Å². The summed E-state index contributed by atoms with van der Waals surface area (Å²) in [6.07, 6.45) is 8.60. The highest BCUT2D eigenvalue weighted by Crippen LogP contribution is 2.33. The monoisotopic (exact) mass is 454 g/mol. The Hall–Kier alpha value is -2.96. The Bertz CT molecular complexity index is 1330. The third-order valence-electron chi connectivity index (χ3n) is 8.03. The molecule has 6 heteroatoms. The van der Waals surface area contributed by atoms with Gasteiger partial charge >= 0.3 is 0 Å². The van der Waals surface area contributed by atoms with Crippen molar-refractivity contribution in [3.05, 3.63) is 60.0 Å². The lowest BCUT2D eigenvalue weighted by atomic mass is 9.99. The molecule has 6 nitrogen and oxygen atoms in total. The molecule has 3 aromatic heterocycles. The third-order valence-corrected chi connectivity index (χ3v) is 8.03. The molecule has 0 atom stereocenters. The zero-order valence-electron chi connectivity index (χ0n) is 20.5. The van der Waals surface area contributed by atoms with Gasteiger partial charge in [-0.3, -0.25) is 9.88 Å². The molecule has 6 rings (SSSR count). The molecule has 2 aliphatic heterocycles. The molecule has 2 fully saturated rings. The van der Waals surface area contributed by atoms with Crippen LogP contribution >= 0.6 is 0 Å². The normalized spacial score (nSPS) is 18.9. The second-order valence-corrected chi connectivity index (χ2v) is 10.1. The summed E-state index contributed by atoms with van der Waals surface area (Å²) >= 11 is 0. The fraction of sp³-hybridized carbons (Fsp3) is 0.429. The van der Waals surface area contributed by atoms with E-state index < -0.39 is 0 Å². The SMILES string of the molecule is Cc1cc2nccc(-c3cnn4cc(N5CCC(N6CCN(C)CC6)CC5)ccc34)c2cc1C. The van der Waals surface area contributed by atoms with Crippen LogP contribution < -0.4 is 4.90 Å². The number of likely N-dealkylation sites (N-methyl/N-ethyl adjacent to an activating group) is 1. The van der Waals surface area contributed by atoms with Gasteiger partial charge in [-0.2, -0.15) is 5.10 Å². The Morgan fingerprint density at radius 2 is 1.62 bits per heavy atom. The molecule has 0 amide bonds. The number of piperazine rings is 1. The summed E-state index contributed by atoms with van der Waals surface area (Å²) in [7, 11) is 2.23. The maximum absolute atomic E-state index is 4.75. The van der Waals surface area contributed by atoms with Gasteiger partial charge in [0.05, 0.1) is 29.1 Å². The summed E-state index contributed by atoms with van der Waals surface area (Å²) < 4.78 is 2.05. The summed E-state index contributed by atoms with van der Waals surface area (Å²) in [5.74, 6) is 0. The second kappa shape index (κ2) is 8.67. The zero-order chi connectivity index (χ0) is 23.2. The summed E-state index contributed by atoms with van der Waals surface area (Å²) in [5, 5.41) is 5.94. The lowest BCUT2D eigenvalue weighted by molar-refractivity contribution is 0.0982. The maximum atomic E-state index is 4.75. The number of anilines is 1. The maximum Gasteiger partial charge on any atom is 0.0741 e. The minimum Gasteiger partial charge on any atom is -0.370 e. The van der Waals surface area contributed by atoms with E-state index in [4.69, 9.17) is 5.10 Å². The molecule has 0 spiro atoms. The Kier molecular flexibility index (Phi) is 5.50. The quantitative estimate of drug-likeness (QED) is 0.459. The van der Waals surface area contributed by atoms with Crippen molar-refractivity contribution >= 4 is 22.1 Å². The molecule has 2 aliphatic rings. The molecular weight excluding hydrogens is 420 g/mol. The van der Waals surface area contributed by atoms with Crippen LogP contribution in [-0.2, 0) is 0 Å². The molecular formula is C28H34N6. The Labute approximate surface area is 201 Å². The van der Waals surface area contributed by atoms with Gasteiger partial charge in [-0.1, -0.05) is 0 Å². The van der Waals surface area contributed by atoms with Crippen LogP contribution in [0.2, 0.25) is 0 Å². The van der Waals surface area contributed by atoms with Gasteiger partial charge in [-0.15, -0.1) is 0 Å². The van der Waals surface area contributed by atoms with E-state index in [-0.39, 0.29) is 0 Å². The number of pyridine rings is 2. The van der Waals surface area contributed by atoms with Crippen molar-refractivity contribution in [2.75, 3.05) is 51.2 Å². The Morgan fingerprint density at radius 3 is 2.41 bits per heavy atom. The number of aromatic nitrogens is 3. The van der Waals surface area contributed by atoms with Crippen LogP contribution in [0.5, 0.6) is 0 Å². The van der Waals surface area contributed by atoms with Crippen molar-refractivity contribution in [3.63, 3.8) is 0 Å². The summed E-state index contributed by atoms with van der Waals surface area (Å²) in [6, 6.07) is 11.8. The zero-order valence-corrected chi connectivity index (χ0v) is 20.5. The van der Waals surface area contributed by atoms with E-state index in [1.165, 1.54) is 66.8 Å². The van der Waals surface area contributed by atoms with Crippen LogP contribution in [0.4, 0.5) is 5.69 Å². The average molecular weight is 455 g/mol. The number of benzene rings is 1. The van der Waals surface area contributed by atoms with Crippen molar-refractivity contribution in [2.45, 2.75) is 32.7 Å². The molecule has 2 saturated heterocycles. The molecule has 5 heterocycles. The molecule has 0 N–H and O–H groups in total. The lowest BCUT2D eigenvalue weighted by Gasteiger charge is -2.42. The van der Waals surface area contributed by atoms with Crippen molar-refractivity contribution in [2.24, 2.45) is 0 Å². The second-order valence-electron chi connectivity index (χ2n) is 10.1. The third kappa shape index (κ3) is 3.85. The summed E-state index contributed by atoms with van der Waals surface area (Å²) in [6.45, 7) is 11.4. The van der Waals surface area contributed by atoms with Gasteiger partial charge in [-0.05, 0) is 80.8 Å². The van der Waals surface area contributed by atoms with E-state index in [2.05, 4.69) is 77.1 Å². The van der Waals surface area contributed by atoms with Crippen molar-refractivity contribution in [1.82, 2.24) is 24.4 Å². The highest BCUT2D eigenvalue weighted by atomic mass is 15.3. The standard InChI is InChI=1S/C28H34N6/c1-20-16-25-24(6-9-29-27(25)17-21(20)2)26-18-30-34-19-23(4-5-28(26)34)32-10-7-22(8-11-32)33-14-12-31(3)13-15-33/h4-6,9,16-19,22H,7-8,10-15H2,1-3H3. The predicted molar refractivity (Wildman–Crippen MR) is 140 cm³/mol. The van der Waals surface area contributed by atoms with E-state index in [1.807, 2.05) is 16.9 Å². The first-order valence-electron chi connectivity index (χ1n) is 12.6. The minimum atomic E-state index is 0.733. The van der Waals surface area contributed by atoms with Crippen molar-refractivity contribution in [3.8, 4) is 11.1 Å². The fourth-order valence-corrected chi connectivity index (χ4v) is 5.68. The number of nitrogens with zero attached hydrogens (tertiary/aromatic N) is 6. The Balaban J connectivity index is 1.24. The molecule has 0 radical (unpaired) electrons. The van der Waals surface area contributed by atoms with E-state index >= 15 is 0 Å². The van der Waals surface area contributed by atoms with Crippen LogP contribution in [0.15, 0.2) is 48.9 Å². The van der Waals surface area contributed by atoms with Gasteiger partial charge in [0.1, 0.15) is 0 Å². The fourth-order valence-electron chi connectivity index (χ4n) is 5.68. The van der Waals surface area contributed by atoms with E-state index in [0.717, 1.165) is 35.7 Å². The molecule has 0 bridgehead atoms. The molecule has 0 aliphatic carbocycles. The largest absolute Gasteiger partial charge is 0.370 e. The van der Waals surface area contributed by atoms with Crippen molar-refractivity contribution in [1.29, 1.82) is 0 Å². The van der Waals surface area contributed by atoms with Gasteiger partial charge in [0.2, 0.25) is 0 Å². The highest BCUT2D eigenvalue weighted by molar-refractivity contribution is 5.99. The van der Waals surface area contributed by atoms with Crippen molar-refractivity contribution < 1.29 is 0 Å². The van der Waals surface area contributed by atoms with Gasteiger partial charge in [0, 0.05) is 62.5 Å². The average Bonchev–Trinajstić information content (AvgIpc) is 3.28. The first-order chi connectivity index (χ1) is 16.6. The van der Waals surface area contributed by atoms with Crippen LogP contribution in [0.3, 0.4) is 0 Å². The Morgan fingerprint density at radius 1 is 0.853 bits per heavy atom. The summed E-state index contributed by atoms with van der Waals surface area (Å²) in [5.41, 5.74) is 8.38. The first-order valence-corrected chi connectivity index (χ1v) is 12.6. The topological polar surface area (TPSA) is 39.9 Å². The minimum absolute atomic E-state index is 0.733. The van der Waals surface area contributed by atoms with Gasteiger partial charge in [-0.25, -0.2) is 4.52 Å².